The van der Waals surface area contributed by atoms with Gasteiger partial charge >= 0.3 is 0 Å². The van der Waals surface area contributed by atoms with E-state index in [-0.39, 0.29) is 11.3 Å². The second kappa shape index (κ2) is 11.6. The van der Waals surface area contributed by atoms with Crippen LogP contribution >= 0.6 is 0 Å². The lowest BCUT2D eigenvalue weighted by molar-refractivity contribution is -0.138. The summed E-state index contributed by atoms with van der Waals surface area (Å²) < 4.78 is 5.15. The average Bonchev–Trinajstić information content (AvgIpc) is 3.17. The Morgan fingerprint density at radius 3 is 2.50 bits per heavy atom. The molecule has 1 saturated carbocycles. The second-order valence-electron chi connectivity index (χ2n) is 8.49. The molecule has 1 heterocycles. The number of likely N-dealkylation sites (tertiary alicyclic amines) is 1. The highest BCUT2D eigenvalue weighted by Crippen LogP contribution is 2.39. The molecule has 2 N–H and O–H groups in total. The third kappa shape index (κ3) is 6.62. The number of aliphatic imine (C=N–C) groups is 1. The molecule has 0 unspecified atom stereocenters. The Morgan fingerprint density at radius 1 is 1.25 bits per heavy atom. The molecule has 1 amide bonds. The normalized spacial score (nSPS) is 20.9. The topological polar surface area (TPSA) is 69.2 Å². The van der Waals surface area contributed by atoms with E-state index in [1.807, 2.05) is 14.1 Å². The number of carbonyl (C=O) groups excluding carboxylic acids is 1. The van der Waals surface area contributed by atoms with Crippen LogP contribution in [-0.2, 0) is 9.53 Å². The fourth-order valence-electron chi connectivity index (χ4n) is 4.44. The van der Waals surface area contributed by atoms with Crippen LogP contribution in [0.25, 0.3) is 0 Å². The van der Waals surface area contributed by atoms with Crippen molar-refractivity contribution in [2.45, 2.75) is 57.9 Å². The lowest BCUT2D eigenvalue weighted by Gasteiger charge is -2.33. The van der Waals surface area contributed by atoms with Gasteiger partial charge in [-0.05, 0) is 39.0 Å². The van der Waals surface area contributed by atoms with Crippen molar-refractivity contribution in [2.75, 3.05) is 60.5 Å². The zero-order chi connectivity index (χ0) is 20.4. The number of nitrogens with one attached hydrogen (secondary N) is 2. The highest BCUT2D eigenvalue weighted by atomic mass is 16.5. The molecule has 2 aliphatic rings. The van der Waals surface area contributed by atoms with Gasteiger partial charge in [-0.2, -0.15) is 0 Å². The van der Waals surface area contributed by atoms with Gasteiger partial charge in [0.15, 0.2) is 5.96 Å². The van der Waals surface area contributed by atoms with Crippen LogP contribution < -0.4 is 10.6 Å². The quantitative estimate of drug-likeness (QED) is 0.353. The number of amides is 1. The summed E-state index contributed by atoms with van der Waals surface area (Å²) in [6.45, 7) is 7.68. The molecule has 28 heavy (non-hydrogen) atoms. The summed E-state index contributed by atoms with van der Waals surface area (Å²) in [6.07, 6.45) is 7.50. The molecule has 2 fully saturated rings. The van der Waals surface area contributed by atoms with Gasteiger partial charge in [-0.15, -0.1) is 0 Å². The fraction of sp³-hybridized carbons (Fsp3) is 0.905. The first-order valence-electron chi connectivity index (χ1n) is 11.0. The van der Waals surface area contributed by atoms with Crippen LogP contribution in [-0.4, -0.2) is 88.2 Å². The van der Waals surface area contributed by atoms with Gasteiger partial charge in [0.25, 0.3) is 0 Å². The summed E-state index contributed by atoms with van der Waals surface area (Å²) >= 11 is 0. The molecule has 1 aliphatic heterocycles. The van der Waals surface area contributed by atoms with Crippen molar-refractivity contribution in [3.63, 3.8) is 0 Å². The molecular weight excluding hydrogens is 354 g/mol. The maximum atomic E-state index is 12.8. The maximum Gasteiger partial charge on any atom is 0.230 e. The predicted molar refractivity (Wildman–Crippen MR) is 115 cm³/mol. The number of rotatable bonds is 9. The van der Waals surface area contributed by atoms with Gasteiger partial charge in [-0.25, -0.2) is 0 Å². The van der Waals surface area contributed by atoms with E-state index in [4.69, 9.17) is 9.73 Å². The minimum atomic E-state index is -0.309. The molecule has 1 aliphatic carbocycles. The molecular formula is C21H41N5O2. The Kier molecular flexibility index (Phi) is 9.51. The van der Waals surface area contributed by atoms with Gasteiger partial charge in [0.2, 0.25) is 5.91 Å². The summed E-state index contributed by atoms with van der Waals surface area (Å²) in [6, 6.07) is 0.445. The van der Waals surface area contributed by atoms with Gasteiger partial charge in [0.1, 0.15) is 0 Å². The zero-order valence-electron chi connectivity index (χ0n) is 18.4. The van der Waals surface area contributed by atoms with E-state index >= 15 is 0 Å². The molecule has 0 bridgehead atoms. The minimum absolute atomic E-state index is 0.231. The predicted octanol–water partition coefficient (Wildman–Crippen LogP) is 1.69. The SMILES string of the molecule is CCNC(=NCC1(C(=O)N(C)C)CCCC1)NC1CCN(CCCOC)CC1. The number of carbonyl (C=O) groups is 1. The molecule has 1 saturated heterocycles. The standard InChI is InChI=1S/C21H41N5O2/c1-5-22-20(23-17-21(11-6-7-12-21)19(27)25(2)3)24-18-9-14-26(15-10-18)13-8-16-28-4/h18H,5-17H2,1-4H3,(H2,22,23,24). The Morgan fingerprint density at radius 2 is 1.93 bits per heavy atom. The van der Waals surface area contributed by atoms with Gasteiger partial charge in [0, 0.05) is 60.0 Å². The Bertz CT molecular complexity index is 495. The van der Waals surface area contributed by atoms with E-state index in [1.165, 1.54) is 0 Å². The number of hydrogen-bond donors (Lipinski definition) is 2. The maximum absolute atomic E-state index is 12.8. The van der Waals surface area contributed by atoms with Crippen molar-refractivity contribution in [3.8, 4) is 0 Å². The number of guanidine groups is 1. The Hall–Kier alpha value is -1.34. The first-order valence-corrected chi connectivity index (χ1v) is 11.0. The number of ether oxygens (including phenoxy) is 1. The fourth-order valence-corrected chi connectivity index (χ4v) is 4.44. The van der Waals surface area contributed by atoms with Crippen molar-refractivity contribution >= 4 is 11.9 Å². The van der Waals surface area contributed by atoms with Crippen molar-refractivity contribution in [3.05, 3.63) is 0 Å². The number of piperidine rings is 1. The number of methoxy groups -OCH3 is 1. The van der Waals surface area contributed by atoms with E-state index in [2.05, 4.69) is 22.5 Å². The van der Waals surface area contributed by atoms with Crippen molar-refractivity contribution in [2.24, 2.45) is 10.4 Å². The lowest BCUT2D eigenvalue weighted by atomic mass is 9.85. The van der Waals surface area contributed by atoms with Crippen molar-refractivity contribution in [1.82, 2.24) is 20.4 Å². The molecule has 0 aromatic heterocycles. The summed E-state index contributed by atoms with van der Waals surface area (Å²) in [5.74, 6) is 1.09. The van der Waals surface area contributed by atoms with Crippen LogP contribution in [0.3, 0.4) is 0 Å². The van der Waals surface area contributed by atoms with E-state index < -0.39 is 0 Å². The number of hydrogen-bond acceptors (Lipinski definition) is 4. The van der Waals surface area contributed by atoms with E-state index in [9.17, 15) is 4.79 Å². The van der Waals surface area contributed by atoms with Gasteiger partial charge < -0.3 is 25.2 Å². The van der Waals surface area contributed by atoms with Crippen LogP contribution in [0.1, 0.15) is 51.9 Å². The first-order chi connectivity index (χ1) is 13.5. The van der Waals surface area contributed by atoms with Crippen LogP contribution in [0.15, 0.2) is 4.99 Å². The lowest BCUT2D eigenvalue weighted by Crippen LogP contribution is -2.49. The van der Waals surface area contributed by atoms with Gasteiger partial charge in [-0.3, -0.25) is 9.79 Å². The largest absolute Gasteiger partial charge is 0.385 e. The molecule has 0 aromatic carbocycles. The summed E-state index contributed by atoms with van der Waals surface area (Å²) in [5, 5.41) is 6.99. The smallest absolute Gasteiger partial charge is 0.230 e. The Balaban J connectivity index is 1.89. The molecule has 2 rings (SSSR count). The first kappa shape index (κ1) is 22.9. The third-order valence-electron chi connectivity index (χ3n) is 6.06. The second-order valence-corrected chi connectivity index (χ2v) is 8.49. The van der Waals surface area contributed by atoms with Crippen molar-refractivity contribution in [1.29, 1.82) is 0 Å². The Labute approximate surface area is 171 Å². The third-order valence-corrected chi connectivity index (χ3v) is 6.06. The highest BCUT2D eigenvalue weighted by Gasteiger charge is 2.42. The van der Waals surface area contributed by atoms with Gasteiger partial charge in [0.05, 0.1) is 12.0 Å². The molecule has 0 aromatic rings. The van der Waals surface area contributed by atoms with Crippen LogP contribution in [0.5, 0.6) is 0 Å². The zero-order valence-corrected chi connectivity index (χ0v) is 18.4. The number of nitrogens with zero attached hydrogens (tertiary/aromatic N) is 3. The molecule has 7 heteroatoms. The average molecular weight is 396 g/mol. The van der Waals surface area contributed by atoms with E-state index in [1.54, 1.807) is 12.0 Å². The minimum Gasteiger partial charge on any atom is -0.385 e. The monoisotopic (exact) mass is 395 g/mol. The summed E-state index contributed by atoms with van der Waals surface area (Å²) in [5.41, 5.74) is -0.309. The van der Waals surface area contributed by atoms with Crippen LogP contribution in [0.2, 0.25) is 0 Å². The molecule has 0 spiro atoms. The van der Waals surface area contributed by atoms with Gasteiger partial charge in [-0.1, -0.05) is 12.8 Å². The molecule has 7 nitrogen and oxygen atoms in total. The molecule has 162 valence electrons. The summed E-state index contributed by atoms with van der Waals surface area (Å²) in [7, 11) is 5.48. The van der Waals surface area contributed by atoms with Crippen LogP contribution in [0.4, 0.5) is 0 Å². The van der Waals surface area contributed by atoms with Crippen molar-refractivity contribution < 1.29 is 9.53 Å². The summed E-state index contributed by atoms with van der Waals surface area (Å²) in [4.78, 5) is 21.9. The molecule has 0 radical (unpaired) electrons. The van der Waals surface area contributed by atoms with E-state index in [0.717, 1.165) is 83.7 Å². The highest BCUT2D eigenvalue weighted by molar-refractivity contribution is 5.84. The molecule has 0 atom stereocenters. The van der Waals surface area contributed by atoms with Crippen LogP contribution in [0, 0.1) is 5.41 Å². The van der Waals surface area contributed by atoms with E-state index in [0.29, 0.717) is 12.6 Å².